The third-order valence-electron chi connectivity index (χ3n) is 1.08. The Morgan fingerprint density at radius 2 is 2.33 bits per heavy atom. The zero-order valence-corrected chi connectivity index (χ0v) is 6.77. The number of hydrogen-bond donors (Lipinski definition) is 0. The Hall–Kier alpha value is -0.440. The Labute approximate surface area is 59.1 Å². The van der Waals surface area contributed by atoms with Gasteiger partial charge in [-0.25, -0.2) is 0 Å². The molecule has 0 saturated heterocycles. The van der Waals surface area contributed by atoms with Crippen molar-refractivity contribution in [2.75, 3.05) is 0 Å². The van der Waals surface area contributed by atoms with Gasteiger partial charge in [-0.1, -0.05) is 29.9 Å². The number of aryl methyl sites for hydroxylation is 1. The van der Waals surface area contributed by atoms with Crippen LogP contribution in [0.1, 0.15) is 24.8 Å². The lowest BCUT2D eigenvalue weighted by Crippen LogP contribution is -2.28. The molecule has 0 atom stereocenters. The van der Waals surface area contributed by atoms with E-state index in [1.165, 1.54) is 5.01 Å². The van der Waals surface area contributed by atoms with Crippen LogP contribution in [-0.2, 0) is 7.05 Å². The normalized spacial score (nSPS) is 10.7. The SMILES string of the molecule is CC(C)c1n[n+](C)cs1. The van der Waals surface area contributed by atoms with E-state index in [4.69, 9.17) is 0 Å². The maximum Gasteiger partial charge on any atom is 0.252 e. The van der Waals surface area contributed by atoms with Gasteiger partial charge >= 0.3 is 0 Å². The average molecular weight is 143 g/mol. The summed E-state index contributed by atoms with van der Waals surface area (Å²) in [6.07, 6.45) is 0. The van der Waals surface area contributed by atoms with Gasteiger partial charge in [0.05, 0.1) is 0 Å². The van der Waals surface area contributed by atoms with Gasteiger partial charge in [0, 0.05) is 11.0 Å². The smallest absolute Gasteiger partial charge is 0.0829 e. The summed E-state index contributed by atoms with van der Waals surface area (Å²) in [6.45, 7) is 4.30. The first-order valence-corrected chi connectivity index (χ1v) is 3.89. The highest BCUT2D eigenvalue weighted by atomic mass is 32.1. The van der Waals surface area contributed by atoms with E-state index in [1.54, 1.807) is 11.3 Å². The summed E-state index contributed by atoms with van der Waals surface area (Å²) < 4.78 is 1.85. The van der Waals surface area contributed by atoms with Crippen molar-refractivity contribution in [1.29, 1.82) is 0 Å². The zero-order chi connectivity index (χ0) is 6.85. The molecule has 1 rings (SSSR count). The summed E-state index contributed by atoms with van der Waals surface area (Å²) in [7, 11) is 1.95. The lowest BCUT2D eigenvalue weighted by atomic mass is 10.2. The molecule has 0 aliphatic heterocycles. The molecule has 0 aliphatic carbocycles. The van der Waals surface area contributed by atoms with E-state index in [1.807, 2.05) is 17.2 Å². The van der Waals surface area contributed by atoms with E-state index < -0.39 is 0 Å². The molecule has 0 radical (unpaired) electrons. The number of rotatable bonds is 1. The van der Waals surface area contributed by atoms with Gasteiger partial charge in [0.15, 0.2) is 12.1 Å². The van der Waals surface area contributed by atoms with Crippen molar-refractivity contribution in [1.82, 2.24) is 5.10 Å². The number of nitrogens with zero attached hydrogens (tertiary/aromatic N) is 2. The quantitative estimate of drug-likeness (QED) is 0.538. The van der Waals surface area contributed by atoms with Gasteiger partial charge in [-0.3, -0.25) is 0 Å². The topological polar surface area (TPSA) is 16.8 Å². The molecule has 0 spiro atoms. The molecule has 0 N–H and O–H groups in total. The first-order chi connectivity index (χ1) is 4.20. The van der Waals surface area contributed by atoms with Crippen LogP contribution in [0.4, 0.5) is 0 Å². The molecule has 3 heteroatoms. The zero-order valence-electron chi connectivity index (χ0n) is 5.96. The molecule has 0 saturated carbocycles. The van der Waals surface area contributed by atoms with Gasteiger partial charge in [0.1, 0.15) is 0 Å². The van der Waals surface area contributed by atoms with Gasteiger partial charge in [0.2, 0.25) is 0 Å². The standard InChI is InChI=1S/C6H11N2S/c1-5(2)6-7-8(3)4-9-6/h4-5H,1-3H3/q+1. The van der Waals surface area contributed by atoms with Crippen LogP contribution in [0.5, 0.6) is 0 Å². The molecule has 50 valence electrons. The molecule has 2 nitrogen and oxygen atoms in total. The summed E-state index contributed by atoms with van der Waals surface area (Å²) in [4.78, 5) is 0. The molecular formula is C6H11N2S+. The first-order valence-electron chi connectivity index (χ1n) is 3.01. The highest BCUT2D eigenvalue weighted by Crippen LogP contribution is 2.12. The average Bonchev–Trinajstić information content (AvgIpc) is 2.14. The predicted octanol–water partition coefficient (Wildman–Crippen LogP) is 1.09. The Morgan fingerprint density at radius 1 is 1.67 bits per heavy atom. The van der Waals surface area contributed by atoms with Crippen molar-refractivity contribution >= 4 is 11.3 Å². The Bertz CT molecular complexity index is 193. The molecule has 9 heavy (non-hydrogen) atoms. The van der Waals surface area contributed by atoms with Crippen molar-refractivity contribution in [3.05, 3.63) is 10.5 Å². The fourth-order valence-corrected chi connectivity index (χ4v) is 1.34. The third kappa shape index (κ3) is 1.48. The van der Waals surface area contributed by atoms with Gasteiger partial charge in [-0.05, 0) is 0 Å². The van der Waals surface area contributed by atoms with Gasteiger partial charge in [-0.15, -0.1) is 0 Å². The van der Waals surface area contributed by atoms with E-state index in [2.05, 4.69) is 18.9 Å². The van der Waals surface area contributed by atoms with Crippen LogP contribution in [0.2, 0.25) is 0 Å². The minimum absolute atomic E-state index is 0.566. The second-order valence-corrected chi connectivity index (χ2v) is 3.25. The number of hydrogen-bond acceptors (Lipinski definition) is 2. The lowest BCUT2D eigenvalue weighted by molar-refractivity contribution is -0.726. The third-order valence-corrected chi connectivity index (χ3v) is 2.28. The van der Waals surface area contributed by atoms with E-state index in [9.17, 15) is 0 Å². The first kappa shape index (κ1) is 6.68. The van der Waals surface area contributed by atoms with Gasteiger partial charge < -0.3 is 0 Å². The minimum Gasteiger partial charge on any atom is -0.0829 e. The van der Waals surface area contributed by atoms with E-state index in [0.29, 0.717) is 5.92 Å². The highest BCUT2D eigenvalue weighted by molar-refractivity contribution is 7.09. The highest BCUT2D eigenvalue weighted by Gasteiger charge is 2.07. The molecule has 1 aromatic rings. The molecule has 0 fully saturated rings. The van der Waals surface area contributed by atoms with Crippen molar-refractivity contribution in [2.45, 2.75) is 19.8 Å². The van der Waals surface area contributed by atoms with Gasteiger partial charge in [-0.2, -0.15) is 0 Å². The van der Waals surface area contributed by atoms with E-state index in [0.717, 1.165) is 0 Å². The monoisotopic (exact) mass is 143 g/mol. The van der Waals surface area contributed by atoms with Crippen molar-refractivity contribution in [3.63, 3.8) is 0 Å². The molecule has 0 unspecified atom stereocenters. The maximum atomic E-state index is 4.25. The summed E-state index contributed by atoms with van der Waals surface area (Å²) >= 11 is 1.71. The number of aromatic nitrogens is 2. The van der Waals surface area contributed by atoms with Crippen LogP contribution >= 0.6 is 11.3 Å². The molecule has 0 aliphatic rings. The molecule has 0 aromatic carbocycles. The van der Waals surface area contributed by atoms with Crippen molar-refractivity contribution < 1.29 is 4.68 Å². The van der Waals surface area contributed by atoms with Crippen LogP contribution in [-0.4, -0.2) is 5.10 Å². The summed E-state index contributed by atoms with van der Waals surface area (Å²) in [5.74, 6) is 0.566. The van der Waals surface area contributed by atoms with Crippen LogP contribution in [0, 0.1) is 0 Å². The van der Waals surface area contributed by atoms with Crippen LogP contribution < -0.4 is 4.68 Å². The molecule has 0 bridgehead atoms. The van der Waals surface area contributed by atoms with Crippen LogP contribution in [0.25, 0.3) is 0 Å². The fourth-order valence-electron chi connectivity index (χ4n) is 0.584. The Balaban J connectivity index is 2.85. The molecule has 1 heterocycles. The fraction of sp³-hybridized carbons (Fsp3) is 0.667. The van der Waals surface area contributed by atoms with Gasteiger partial charge in [0.25, 0.3) is 5.51 Å². The molecule has 0 amide bonds. The van der Waals surface area contributed by atoms with Crippen molar-refractivity contribution in [3.8, 4) is 0 Å². The van der Waals surface area contributed by atoms with Crippen molar-refractivity contribution in [2.24, 2.45) is 7.05 Å². The van der Waals surface area contributed by atoms with Crippen LogP contribution in [0.15, 0.2) is 5.51 Å². The Morgan fingerprint density at radius 3 is 2.56 bits per heavy atom. The molecule has 1 aromatic heterocycles. The Kier molecular flexibility index (Phi) is 1.81. The lowest BCUT2D eigenvalue weighted by Gasteiger charge is -1.89. The second-order valence-electron chi connectivity index (χ2n) is 2.39. The van der Waals surface area contributed by atoms with Crippen LogP contribution in [0.3, 0.4) is 0 Å². The van der Waals surface area contributed by atoms with E-state index >= 15 is 0 Å². The summed E-state index contributed by atoms with van der Waals surface area (Å²) in [5, 5.41) is 5.45. The largest absolute Gasteiger partial charge is 0.252 e. The maximum absolute atomic E-state index is 4.25. The molecular weight excluding hydrogens is 132 g/mol. The minimum atomic E-state index is 0.566. The predicted molar refractivity (Wildman–Crippen MR) is 37.4 cm³/mol. The summed E-state index contributed by atoms with van der Waals surface area (Å²) in [6, 6.07) is 0. The second kappa shape index (κ2) is 2.43. The van der Waals surface area contributed by atoms with E-state index in [-0.39, 0.29) is 0 Å². The summed E-state index contributed by atoms with van der Waals surface area (Å²) in [5.41, 5.74) is 2.01.